The maximum atomic E-state index is 12.8. The summed E-state index contributed by atoms with van der Waals surface area (Å²) in [5, 5.41) is 12.6. The van der Waals surface area contributed by atoms with Gasteiger partial charge in [0.05, 0.1) is 16.6 Å². The second-order valence-corrected chi connectivity index (χ2v) is 10.0. The van der Waals surface area contributed by atoms with Gasteiger partial charge in [-0.1, -0.05) is 69.2 Å². The van der Waals surface area contributed by atoms with Gasteiger partial charge >= 0.3 is 12.0 Å². The summed E-state index contributed by atoms with van der Waals surface area (Å²) in [7, 11) is 1.80. The zero-order valence-electron chi connectivity index (χ0n) is 23.3. The van der Waals surface area contributed by atoms with Gasteiger partial charge in [-0.2, -0.15) is 0 Å². The molecule has 2 N–H and O–H groups in total. The van der Waals surface area contributed by atoms with Gasteiger partial charge in [0.15, 0.2) is 0 Å². The van der Waals surface area contributed by atoms with E-state index in [1.165, 1.54) is 0 Å². The summed E-state index contributed by atoms with van der Waals surface area (Å²) in [4.78, 5) is 31.1. The highest BCUT2D eigenvalue weighted by atomic mass is 16.4. The molecule has 0 aliphatic carbocycles. The number of anilines is 1. The number of carbonyl (C=O) groups excluding carboxylic acids is 1. The normalized spacial score (nSPS) is 11.1. The Bertz CT molecular complexity index is 1460. The van der Waals surface area contributed by atoms with Crippen LogP contribution < -0.4 is 10.2 Å². The number of unbranched alkanes of at least 4 members (excludes halogenated alkanes) is 2. The van der Waals surface area contributed by atoms with Crippen molar-refractivity contribution in [2.45, 2.75) is 59.4 Å². The molecule has 0 spiro atoms. The maximum Gasteiger partial charge on any atom is 0.336 e. The van der Waals surface area contributed by atoms with E-state index < -0.39 is 5.97 Å². The number of carboxylic acid groups (broad SMARTS) is 1. The van der Waals surface area contributed by atoms with E-state index in [0.29, 0.717) is 18.7 Å². The second-order valence-electron chi connectivity index (χ2n) is 10.0. The molecule has 4 rings (SSSR count). The molecule has 0 saturated heterocycles. The van der Waals surface area contributed by atoms with Crippen LogP contribution in [0.5, 0.6) is 0 Å². The fraction of sp³-hybridized carbons (Fsp3) is 0.344. The topological polar surface area (TPSA) is 87.5 Å². The molecule has 3 aromatic carbocycles. The number of carbonyl (C=O) groups is 2. The van der Waals surface area contributed by atoms with Crippen molar-refractivity contribution in [2.24, 2.45) is 0 Å². The molecule has 7 nitrogen and oxygen atoms in total. The van der Waals surface area contributed by atoms with Crippen LogP contribution in [0.3, 0.4) is 0 Å². The molecule has 0 aliphatic rings. The molecular weight excluding hydrogens is 488 g/mol. The van der Waals surface area contributed by atoms with E-state index >= 15 is 0 Å². The number of benzene rings is 3. The highest BCUT2D eigenvalue weighted by molar-refractivity contribution is 5.96. The molecule has 7 heteroatoms. The van der Waals surface area contributed by atoms with Crippen LogP contribution in [-0.4, -0.2) is 40.3 Å². The van der Waals surface area contributed by atoms with Gasteiger partial charge in [0, 0.05) is 32.2 Å². The average molecular weight is 527 g/mol. The molecule has 39 heavy (non-hydrogen) atoms. The van der Waals surface area contributed by atoms with Crippen molar-refractivity contribution in [3.8, 4) is 11.1 Å². The minimum atomic E-state index is -0.936. The lowest BCUT2D eigenvalue weighted by Gasteiger charge is -2.19. The number of aromatic carboxylic acids is 1. The molecule has 0 atom stereocenters. The molecule has 1 heterocycles. The Balaban J connectivity index is 1.65. The van der Waals surface area contributed by atoms with Gasteiger partial charge in [0.2, 0.25) is 0 Å². The Morgan fingerprint density at radius 1 is 1.00 bits per heavy atom. The number of aromatic nitrogens is 2. The fourth-order valence-electron chi connectivity index (χ4n) is 4.91. The lowest BCUT2D eigenvalue weighted by atomic mass is 9.99. The van der Waals surface area contributed by atoms with Gasteiger partial charge < -0.3 is 15.0 Å². The molecular formula is C32H38N4O3. The quantitative estimate of drug-likeness (QED) is 0.205. The number of hydrogen-bond acceptors (Lipinski definition) is 3. The number of fused-ring (bicyclic) bond motifs is 1. The number of aryl methyl sites for hydroxylation is 2. The number of rotatable bonds is 11. The summed E-state index contributed by atoms with van der Waals surface area (Å²) in [6, 6.07) is 19.1. The molecule has 0 unspecified atom stereocenters. The van der Waals surface area contributed by atoms with Crippen LogP contribution in [0.25, 0.3) is 22.2 Å². The van der Waals surface area contributed by atoms with Crippen molar-refractivity contribution in [2.75, 3.05) is 18.5 Å². The van der Waals surface area contributed by atoms with Crippen LogP contribution >= 0.6 is 0 Å². The largest absolute Gasteiger partial charge is 0.478 e. The van der Waals surface area contributed by atoms with Crippen molar-refractivity contribution in [1.29, 1.82) is 0 Å². The van der Waals surface area contributed by atoms with Crippen LogP contribution in [0.1, 0.15) is 66.8 Å². The number of amides is 2. The SMILES string of the molecule is CCCCCNC(=O)N(C)c1cc(C)c2nc(CCC)n(Cc3ccc(-c4ccccc4C(=O)O)cc3)c2c1. The molecule has 0 fully saturated rings. The molecule has 2 amide bonds. The zero-order valence-corrected chi connectivity index (χ0v) is 23.3. The van der Waals surface area contributed by atoms with E-state index in [9.17, 15) is 14.7 Å². The first-order chi connectivity index (χ1) is 18.8. The molecule has 204 valence electrons. The van der Waals surface area contributed by atoms with Gasteiger partial charge in [-0.05, 0) is 60.2 Å². The number of hydrogen-bond donors (Lipinski definition) is 2. The van der Waals surface area contributed by atoms with E-state index in [4.69, 9.17) is 4.98 Å². The minimum Gasteiger partial charge on any atom is -0.478 e. The Morgan fingerprint density at radius 2 is 1.74 bits per heavy atom. The molecule has 0 bridgehead atoms. The van der Waals surface area contributed by atoms with Gasteiger partial charge in [-0.15, -0.1) is 0 Å². The van der Waals surface area contributed by atoms with Crippen molar-refractivity contribution in [3.05, 3.63) is 83.2 Å². The summed E-state index contributed by atoms with van der Waals surface area (Å²) in [6.07, 6.45) is 5.01. The minimum absolute atomic E-state index is 0.109. The van der Waals surface area contributed by atoms with Gasteiger partial charge in [0.25, 0.3) is 0 Å². The lowest BCUT2D eigenvalue weighted by Crippen LogP contribution is -2.37. The maximum absolute atomic E-state index is 12.8. The Labute approximate surface area is 230 Å². The standard InChI is InChI=1S/C32H38N4O3/c1-5-7-10-18-33-32(39)35(4)25-19-22(3)30-28(20-25)36(29(34-30)11-6-2)21-23-14-16-24(17-15-23)26-12-8-9-13-27(26)31(37)38/h8-9,12-17,19-20H,5-7,10-11,18,21H2,1-4H3,(H,33,39)(H,37,38). The van der Waals surface area contributed by atoms with E-state index in [-0.39, 0.29) is 11.6 Å². The summed E-state index contributed by atoms with van der Waals surface area (Å²) in [5.74, 6) is 0.0780. The highest BCUT2D eigenvalue weighted by Gasteiger charge is 2.18. The molecule has 0 saturated carbocycles. The van der Waals surface area contributed by atoms with E-state index in [2.05, 4.69) is 29.8 Å². The molecule has 4 aromatic rings. The summed E-state index contributed by atoms with van der Waals surface area (Å²) < 4.78 is 2.24. The lowest BCUT2D eigenvalue weighted by molar-refractivity contribution is 0.0697. The third-order valence-electron chi connectivity index (χ3n) is 7.09. The fourth-order valence-corrected chi connectivity index (χ4v) is 4.91. The molecule has 0 aliphatic heterocycles. The van der Waals surface area contributed by atoms with Crippen molar-refractivity contribution in [3.63, 3.8) is 0 Å². The first-order valence-electron chi connectivity index (χ1n) is 13.8. The number of nitrogens with zero attached hydrogens (tertiary/aromatic N) is 3. The van der Waals surface area contributed by atoms with Gasteiger partial charge in [-0.25, -0.2) is 14.6 Å². The van der Waals surface area contributed by atoms with Crippen LogP contribution in [0.15, 0.2) is 60.7 Å². The van der Waals surface area contributed by atoms with Crippen LogP contribution in [0.2, 0.25) is 0 Å². The monoisotopic (exact) mass is 526 g/mol. The number of carboxylic acids is 1. The Morgan fingerprint density at radius 3 is 2.44 bits per heavy atom. The van der Waals surface area contributed by atoms with E-state index in [1.807, 2.05) is 49.4 Å². The predicted molar refractivity (Wildman–Crippen MR) is 158 cm³/mol. The van der Waals surface area contributed by atoms with Crippen LogP contribution in [0, 0.1) is 6.92 Å². The summed E-state index contributed by atoms with van der Waals surface area (Å²) in [6.45, 7) is 7.63. The van der Waals surface area contributed by atoms with E-state index in [1.54, 1.807) is 24.1 Å². The Kier molecular flexibility index (Phi) is 9.02. The van der Waals surface area contributed by atoms with Crippen LogP contribution in [-0.2, 0) is 13.0 Å². The van der Waals surface area contributed by atoms with Gasteiger partial charge in [-0.3, -0.25) is 4.90 Å². The first-order valence-corrected chi connectivity index (χ1v) is 13.8. The first kappa shape index (κ1) is 27.9. The van der Waals surface area contributed by atoms with Crippen molar-refractivity contribution in [1.82, 2.24) is 14.9 Å². The summed E-state index contributed by atoms with van der Waals surface area (Å²) >= 11 is 0. The average Bonchev–Trinajstić information content (AvgIpc) is 3.28. The molecule has 1 aromatic heterocycles. The third-order valence-corrected chi connectivity index (χ3v) is 7.09. The van der Waals surface area contributed by atoms with Crippen molar-refractivity contribution >= 4 is 28.7 Å². The predicted octanol–water partition coefficient (Wildman–Crippen LogP) is 7.05. The molecule has 0 radical (unpaired) electrons. The smallest absolute Gasteiger partial charge is 0.336 e. The number of urea groups is 1. The van der Waals surface area contributed by atoms with E-state index in [0.717, 1.165) is 71.3 Å². The zero-order chi connectivity index (χ0) is 27.9. The number of nitrogens with one attached hydrogen (secondary N) is 1. The van der Waals surface area contributed by atoms with Crippen LogP contribution in [0.4, 0.5) is 10.5 Å². The highest BCUT2D eigenvalue weighted by Crippen LogP contribution is 2.29. The Hall–Kier alpha value is -4.13. The third kappa shape index (κ3) is 6.30. The second kappa shape index (κ2) is 12.6. The summed E-state index contributed by atoms with van der Waals surface area (Å²) in [5.41, 5.74) is 6.76. The van der Waals surface area contributed by atoms with Crippen molar-refractivity contribution < 1.29 is 14.7 Å². The van der Waals surface area contributed by atoms with Gasteiger partial charge in [0.1, 0.15) is 5.82 Å². The number of imidazole rings is 1.